The highest BCUT2D eigenvalue weighted by Gasteiger charge is 2.08. The monoisotopic (exact) mass is 361 g/mol. The normalized spacial score (nSPS) is 10.3. The lowest BCUT2D eigenvalue weighted by Gasteiger charge is -2.10. The van der Waals surface area contributed by atoms with Crippen molar-refractivity contribution in [2.45, 2.75) is 19.6 Å². The molecule has 9 nitrogen and oxygen atoms in total. The van der Waals surface area contributed by atoms with Crippen molar-refractivity contribution in [2.75, 3.05) is 27.7 Å². The van der Waals surface area contributed by atoms with Crippen molar-refractivity contribution >= 4 is 11.8 Å². The molecule has 0 fully saturated rings. The molecule has 2 rings (SSSR count). The highest BCUT2D eigenvalue weighted by molar-refractivity contribution is 5.78. The molecule has 0 bridgehead atoms. The standard InChI is InChI=1S/C17H23N5O4/c1-21(2)17(24)8-9-18-16(23)11-22-10-13(19-20-22)12-26-15-6-4-14(25-3)5-7-15/h4-7,10H,8-9,11-12H2,1-3H3,(H,18,23). The number of ether oxygens (including phenoxy) is 2. The minimum atomic E-state index is -0.232. The largest absolute Gasteiger partial charge is 0.497 e. The minimum Gasteiger partial charge on any atom is -0.497 e. The molecule has 9 heteroatoms. The summed E-state index contributed by atoms with van der Waals surface area (Å²) in [4.78, 5) is 24.8. The van der Waals surface area contributed by atoms with Crippen LogP contribution in [0.1, 0.15) is 12.1 Å². The van der Waals surface area contributed by atoms with Crippen LogP contribution in [0.3, 0.4) is 0 Å². The molecular weight excluding hydrogens is 338 g/mol. The Morgan fingerprint density at radius 1 is 1.19 bits per heavy atom. The van der Waals surface area contributed by atoms with Crippen LogP contribution < -0.4 is 14.8 Å². The molecular formula is C17H23N5O4. The average Bonchev–Trinajstić information content (AvgIpc) is 3.07. The number of aromatic nitrogens is 3. The molecule has 2 aromatic rings. The molecule has 1 aromatic carbocycles. The Kier molecular flexibility index (Phi) is 6.95. The summed E-state index contributed by atoms with van der Waals surface area (Å²) in [5.74, 6) is 1.17. The van der Waals surface area contributed by atoms with Crippen LogP contribution in [0.25, 0.3) is 0 Å². The van der Waals surface area contributed by atoms with E-state index >= 15 is 0 Å². The molecule has 1 N–H and O–H groups in total. The van der Waals surface area contributed by atoms with Crippen molar-refractivity contribution < 1.29 is 19.1 Å². The SMILES string of the molecule is COc1ccc(OCc2cn(CC(=O)NCCC(=O)N(C)C)nn2)cc1. The molecule has 0 radical (unpaired) electrons. The van der Waals surface area contributed by atoms with Gasteiger partial charge in [0, 0.05) is 27.1 Å². The van der Waals surface area contributed by atoms with E-state index in [0.717, 1.165) is 5.75 Å². The van der Waals surface area contributed by atoms with Crippen molar-refractivity contribution in [3.05, 3.63) is 36.2 Å². The topological polar surface area (TPSA) is 98.6 Å². The number of amides is 2. The van der Waals surface area contributed by atoms with E-state index in [9.17, 15) is 9.59 Å². The molecule has 0 unspecified atom stereocenters. The second kappa shape index (κ2) is 9.40. The second-order valence-electron chi connectivity index (χ2n) is 5.76. The van der Waals surface area contributed by atoms with E-state index < -0.39 is 0 Å². The summed E-state index contributed by atoms with van der Waals surface area (Å²) in [6, 6.07) is 7.20. The van der Waals surface area contributed by atoms with Gasteiger partial charge in [-0.2, -0.15) is 0 Å². The summed E-state index contributed by atoms with van der Waals surface area (Å²) in [5, 5.41) is 10.5. The van der Waals surface area contributed by atoms with Crippen LogP contribution in [-0.4, -0.2) is 59.5 Å². The van der Waals surface area contributed by atoms with Gasteiger partial charge in [-0.25, -0.2) is 4.68 Å². The molecule has 0 spiro atoms. The molecule has 140 valence electrons. The van der Waals surface area contributed by atoms with Gasteiger partial charge >= 0.3 is 0 Å². The molecule has 2 amide bonds. The summed E-state index contributed by atoms with van der Waals surface area (Å²) in [6.45, 7) is 0.564. The van der Waals surface area contributed by atoms with E-state index in [4.69, 9.17) is 9.47 Å². The van der Waals surface area contributed by atoms with Gasteiger partial charge in [-0.1, -0.05) is 5.21 Å². The Labute approximate surface area is 151 Å². The number of nitrogens with one attached hydrogen (secondary N) is 1. The van der Waals surface area contributed by atoms with Crippen LogP contribution in [0.5, 0.6) is 11.5 Å². The molecule has 26 heavy (non-hydrogen) atoms. The Hall–Kier alpha value is -3.10. The summed E-state index contributed by atoms with van der Waals surface area (Å²) in [6.07, 6.45) is 1.91. The molecule has 0 aliphatic heterocycles. The van der Waals surface area contributed by atoms with E-state index in [-0.39, 0.29) is 37.9 Å². The van der Waals surface area contributed by atoms with Gasteiger partial charge in [0.2, 0.25) is 11.8 Å². The Morgan fingerprint density at radius 3 is 2.54 bits per heavy atom. The zero-order valence-corrected chi connectivity index (χ0v) is 15.1. The number of rotatable bonds is 9. The summed E-state index contributed by atoms with van der Waals surface area (Å²) >= 11 is 0. The first-order chi connectivity index (χ1) is 12.5. The predicted molar refractivity (Wildman–Crippen MR) is 93.7 cm³/mol. The van der Waals surface area contributed by atoms with Crippen LogP contribution >= 0.6 is 0 Å². The van der Waals surface area contributed by atoms with Gasteiger partial charge in [0.15, 0.2) is 0 Å². The highest BCUT2D eigenvalue weighted by atomic mass is 16.5. The van der Waals surface area contributed by atoms with E-state index in [1.165, 1.54) is 9.58 Å². The third kappa shape index (κ3) is 6.08. The molecule has 0 aliphatic rings. The molecule has 0 aliphatic carbocycles. The lowest BCUT2D eigenvalue weighted by Crippen LogP contribution is -2.32. The van der Waals surface area contributed by atoms with Crippen LogP contribution in [0, 0.1) is 0 Å². The van der Waals surface area contributed by atoms with Crippen molar-refractivity contribution in [2.24, 2.45) is 0 Å². The van der Waals surface area contributed by atoms with Gasteiger partial charge in [-0.15, -0.1) is 5.10 Å². The number of carbonyl (C=O) groups is 2. The predicted octanol–water partition coefficient (Wildman–Crippen LogP) is 0.460. The first-order valence-corrected chi connectivity index (χ1v) is 8.10. The zero-order chi connectivity index (χ0) is 18.9. The summed E-state index contributed by atoms with van der Waals surface area (Å²) in [7, 11) is 4.95. The Bertz CT molecular complexity index is 727. The maximum atomic E-state index is 11.8. The van der Waals surface area contributed by atoms with Crippen molar-refractivity contribution in [3.8, 4) is 11.5 Å². The van der Waals surface area contributed by atoms with Crippen molar-refractivity contribution in [1.29, 1.82) is 0 Å². The number of hydrogen-bond acceptors (Lipinski definition) is 6. The van der Waals surface area contributed by atoms with E-state index in [1.54, 1.807) is 51.7 Å². The smallest absolute Gasteiger partial charge is 0.241 e. The number of hydrogen-bond donors (Lipinski definition) is 1. The number of nitrogens with zero attached hydrogens (tertiary/aromatic N) is 4. The van der Waals surface area contributed by atoms with Gasteiger partial charge in [-0.05, 0) is 24.3 Å². The van der Waals surface area contributed by atoms with Gasteiger partial charge in [0.1, 0.15) is 30.3 Å². The Balaban J connectivity index is 1.74. The number of benzene rings is 1. The van der Waals surface area contributed by atoms with Gasteiger partial charge in [-0.3, -0.25) is 9.59 Å². The van der Waals surface area contributed by atoms with Gasteiger partial charge in [0.25, 0.3) is 0 Å². The zero-order valence-electron chi connectivity index (χ0n) is 15.1. The van der Waals surface area contributed by atoms with Crippen LogP contribution in [0.2, 0.25) is 0 Å². The third-order valence-electron chi connectivity index (χ3n) is 3.50. The summed E-state index contributed by atoms with van der Waals surface area (Å²) < 4.78 is 12.1. The van der Waals surface area contributed by atoms with Gasteiger partial charge < -0.3 is 19.7 Å². The quantitative estimate of drug-likeness (QED) is 0.697. The fraction of sp³-hybridized carbons (Fsp3) is 0.412. The number of carbonyl (C=O) groups excluding carboxylic acids is 2. The fourth-order valence-electron chi connectivity index (χ4n) is 2.05. The molecule has 0 saturated heterocycles. The maximum absolute atomic E-state index is 11.8. The fourth-order valence-corrected chi connectivity index (χ4v) is 2.05. The highest BCUT2D eigenvalue weighted by Crippen LogP contribution is 2.17. The lowest BCUT2D eigenvalue weighted by molar-refractivity contribution is -0.128. The van der Waals surface area contributed by atoms with Crippen LogP contribution in [-0.2, 0) is 22.7 Å². The van der Waals surface area contributed by atoms with Gasteiger partial charge in [0.05, 0.1) is 13.3 Å². The third-order valence-corrected chi connectivity index (χ3v) is 3.50. The number of methoxy groups -OCH3 is 1. The molecule has 0 saturated carbocycles. The van der Waals surface area contributed by atoms with Crippen LogP contribution in [0.15, 0.2) is 30.5 Å². The van der Waals surface area contributed by atoms with Crippen molar-refractivity contribution in [1.82, 2.24) is 25.2 Å². The first kappa shape index (κ1) is 19.2. The van der Waals surface area contributed by atoms with Crippen LogP contribution in [0.4, 0.5) is 0 Å². The van der Waals surface area contributed by atoms with E-state index in [0.29, 0.717) is 11.4 Å². The average molecular weight is 361 g/mol. The second-order valence-corrected chi connectivity index (χ2v) is 5.76. The Morgan fingerprint density at radius 2 is 1.88 bits per heavy atom. The maximum Gasteiger partial charge on any atom is 0.241 e. The molecule has 0 atom stereocenters. The molecule has 1 heterocycles. The minimum absolute atomic E-state index is 0.0334. The first-order valence-electron chi connectivity index (χ1n) is 8.10. The van der Waals surface area contributed by atoms with E-state index in [2.05, 4.69) is 15.6 Å². The molecule has 1 aromatic heterocycles. The summed E-state index contributed by atoms with van der Waals surface area (Å²) in [5.41, 5.74) is 0.608. The van der Waals surface area contributed by atoms with E-state index in [1.807, 2.05) is 0 Å². The van der Waals surface area contributed by atoms with Crippen molar-refractivity contribution in [3.63, 3.8) is 0 Å². The lowest BCUT2D eigenvalue weighted by atomic mass is 10.3.